The number of rotatable bonds is 3. The first-order valence-corrected chi connectivity index (χ1v) is 9.47. The number of aromatic nitrogens is 2. The summed E-state index contributed by atoms with van der Waals surface area (Å²) in [5.74, 6) is 0.396. The molecule has 2 aromatic rings. The SMILES string of the molecule is Cc1nc(N2CCN(C)CC2)nc(C)c1NC(=O)c1cc(Cl)sc1Cl. The number of aryl methyl sites for hydroxylation is 2. The monoisotopic (exact) mass is 399 g/mol. The smallest absolute Gasteiger partial charge is 0.258 e. The fraction of sp³-hybridized carbons (Fsp3) is 0.438. The van der Waals surface area contributed by atoms with Crippen molar-refractivity contribution >= 4 is 52.1 Å². The van der Waals surface area contributed by atoms with Crippen LogP contribution in [0.3, 0.4) is 0 Å². The average Bonchev–Trinajstić information content (AvgIpc) is 2.90. The molecule has 1 amide bonds. The molecule has 3 rings (SSSR count). The molecule has 0 saturated carbocycles. The van der Waals surface area contributed by atoms with Gasteiger partial charge in [-0.1, -0.05) is 23.2 Å². The molecule has 0 aliphatic carbocycles. The molecule has 1 fully saturated rings. The molecule has 1 aliphatic heterocycles. The van der Waals surface area contributed by atoms with Gasteiger partial charge in [0.05, 0.1) is 27.0 Å². The number of hydrogen-bond donors (Lipinski definition) is 1. The number of nitrogens with zero attached hydrogens (tertiary/aromatic N) is 4. The number of nitrogens with one attached hydrogen (secondary N) is 1. The fourth-order valence-corrected chi connectivity index (χ4v) is 4.16. The van der Waals surface area contributed by atoms with E-state index in [1.165, 1.54) is 11.3 Å². The summed E-state index contributed by atoms with van der Waals surface area (Å²) in [6.07, 6.45) is 0. The summed E-state index contributed by atoms with van der Waals surface area (Å²) in [4.78, 5) is 26.1. The predicted molar refractivity (Wildman–Crippen MR) is 104 cm³/mol. The molecule has 1 aliphatic rings. The van der Waals surface area contributed by atoms with Crippen molar-refractivity contribution in [1.29, 1.82) is 0 Å². The second-order valence-corrected chi connectivity index (χ2v) is 8.34. The maximum absolute atomic E-state index is 12.5. The van der Waals surface area contributed by atoms with Gasteiger partial charge in [0, 0.05) is 26.2 Å². The summed E-state index contributed by atoms with van der Waals surface area (Å²) in [6.45, 7) is 7.49. The van der Waals surface area contributed by atoms with E-state index in [1.807, 2.05) is 13.8 Å². The number of thiophene rings is 1. The van der Waals surface area contributed by atoms with Gasteiger partial charge in [0.15, 0.2) is 0 Å². The number of amides is 1. The molecule has 9 heteroatoms. The van der Waals surface area contributed by atoms with Crippen molar-refractivity contribution < 1.29 is 4.79 Å². The minimum absolute atomic E-state index is 0.310. The number of anilines is 2. The zero-order valence-electron chi connectivity index (χ0n) is 14.3. The number of carbonyl (C=O) groups excluding carboxylic acids is 1. The highest BCUT2D eigenvalue weighted by molar-refractivity contribution is 7.20. The van der Waals surface area contributed by atoms with Gasteiger partial charge < -0.3 is 15.1 Å². The Kier molecular flexibility index (Phi) is 5.48. The Morgan fingerprint density at radius 1 is 1.16 bits per heavy atom. The van der Waals surface area contributed by atoms with Gasteiger partial charge in [0.1, 0.15) is 4.34 Å². The van der Waals surface area contributed by atoms with Crippen molar-refractivity contribution in [3.8, 4) is 0 Å². The van der Waals surface area contributed by atoms with E-state index < -0.39 is 0 Å². The number of piperazine rings is 1. The second-order valence-electron chi connectivity index (χ2n) is 6.05. The lowest BCUT2D eigenvalue weighted by atomic mass is 10.2. The largest absolute Gasteiger partial charge is 0.338 e. The summed E-state index contributed by atoms with van der Waals surface area (Å²) in [5.41, 5.74) is 2.43. The lowest BCUT2D eigenvalue weighted by molar-refractivity contribution is 0.102. The van der Waals surface area contributed by atoms with E-state index in [9.17, 15) is 4.79 Å². The van der Waals surface area contributed by atoms with Crippen LogP contribution in [0.15, 0.2) is 6.07 Å². The van der Waals surface area contributed by atoms with Crippen LogP contribution in [0.25, 0.3) is 0 Å². The van der Waals surface area contributed by atoms with Crippen LogP contribution in [0.4, 0.5) is 11.6 Å². The van der Waals surface area contributed by atoms with Gasteiger partial charge in [-0.05, 0) is 27.0 Å². The zero-order chi connectivity index (χ0) is 18.1. The number of likely N-dealkylation sites (N-methyl/N-ethyl adjacent to an activating group) is 1. The van der Waals surface area contributed by atoms with Crippen molar-refractivity contribution in [2.75, 3.05) is 43.4 Å². The molecular formula is C16H19Cl2N5OS. The van der Waals surface area contributed by atoms with Gasteiger partial charge in [0.25, 0.3) is 5.91 Å². The first-order chi connectivity index (χ1) is 11.8. The maximum Gasteiger partial charge on any atom is 0.258 e. The van der Waals surface area contributed by atoms with Crippen LogP contribution in [0.5, 0.6) is 0 Å². The van der Waals surface area contributed by atoms with E-state index >= 15 is 0 Å². The average molecular weight is 400 g/mol. The van der Waals surface area contributed by atoms with Crippen LogP contribution in [-0.2, 0) is 0 Å². The third-order valence-electron chi connectivity index (χ3n) is 4.18. The van der Waals surface area contributed by atoms with E-state index in [2.05, 4.69) is 32.1 Å². The van der Waals surface area contributed by atoms with E-state index in [4.69, 9.17) is 23.2 Å². The molecule has 0 radical (unpaired) electrons. The zero-order valence-corrected chi connectivity index (χ0v) is 16.6. The molecule has 0 unspecified atom stereocenters. The summed E-state index contributed by atoms with van der Waals surface area (Å²) < 4.78 is 0.845. The Hall–Kier alpha value is -1.41. The van der Waals surface area contributed by atoms with Gasteiger partial charge in [-0.3, -0.25) is 4.79 Å². The molecule has 6 nitrogen and oxygen atoms in total. The van der Waals surface area contributed by atoms with Crippen LogP contribution in [0.2, 0.25) is 8.67 Å². The maximum atomic E-state index is 12.5. The summed E-state index contributed by atoms with van der Waals surface area (Å²) in [6, 6.07) is 1.56. The third-order valence-corrected chi connectivity index (χ3v) is 5.67. The second kappa shape index (κ2) is 7.45. The van der Waals surface area contributed by atoms with E-state index in [-0.39, 0.29) is 5.91 Å². The highest BCUT2D eigenvalue weighted by Crippen LogP contribution is 2.32. The highest BCUT2D eigenvalue weighted by atomic mass is 35.5. The quantitative estimate of drug-likeness (QED) is 0.855. The van der Waals surface area contributed by atoms with Crippen LogP contribution < -0.4 is 10.2 Å². The Morgan fingerprint density at radius 2 is 1.76 bits per heavy atom. The molecule has 0 bridgehead atoms. The molecule has 0 spiro atoms. The molecule has 0 atom stereocenters. The topological polar surface area (TPSA) is 61.4 Å². The predicted octanol–water partition coefficient (Wildman–Crippen LogP) is 3.47. The molecule has 1 saturated heterocycles. The number of halogens is 2. The van der Waals surface area contributed by atoms with Gasteiger partial charge in [-0.25, -0.2) is 9.97 Å². The van der Waals surface area contributed by atoms with E-state index in [0.29, 0.717) is 25.9 Å². The standard InChI is InChI=1S/C16H19Cl2N5OS/c1-9-13(21-15(24)11-8-12(17)25-14(11)18)10(2)20-16(19-9)23-6-4-22(3)5-7-23/h8H,4-7H2,1-3H3,(H,21,24). The summed E-state index contributed by atoms with van der Waals surface area (Å²) >= 11 is 13.1. The lowest BCUT2D eigenvalue weighted by Crippen LogP contribution is -2.45. The Morgan fingerprint density at radius 3 is 2.28 bits per heavy atom. The Bertz CT molecular complexity index is 779. The number of carbonyl (C=O) groups is 1. The normalized spacial score (nSPS) is 15.5. The first-order valence-electron chi connectivity index (χ1n) is 7.90. The highest BCUT2D eigenvalue weighted by Gasteiger charge is 2.21. The van der Waals surface area contributed by atoms with Gasteiger partial charge in [-0.15, -0.1) is 11.3 Å². The van der Waals surface area contributed by atoms with Crippen molar-refractivity contribution in [3.63, 3.8) is 0 Å². The summed E-state index contributed by atoms with van der Waals surface area (Å²) in [5, 5.41) is 2.86. The molecule has 3 heterocycles. The Labute approximate surface area is 160 Å². The molecule has 2 aromatic heterocycles. The van der Waals surface area contributed by atoms with Crippen LogP contribution in [-0.4, -0.2) is 54.0 Å². The van der Waals surface area contributed by atoms with Crippen LogP contribution in [0.1, 0.15) is 21.7 Å². The molecule has 25 heavy (non-hydrogen) atoms. The van der Waals surface area contributed by atoms with Gasteiger partial charge >= 0.3 is 0 Å². The minimum Gasteiger partial charge on any atom is -0.338 e. The van der Waals surface area contributed by atoms with Crippen molar-refractivity contribution in [3.05, 3.63) is 31.7 Å². The minimum atomic E-state index is -0.310. The van der Waals surface area contributed by atoms with Crippen LogP contribution in [0, 0.1) is 13.8 Å². The van der Waals surface area contributed by atoms with Crippen molar-refractivity contribution in [2.24, 2.45) is 0 Å². The van der Waals surface area contributed by atoms with Crippen molar-refractivity contribution in [1.82, 2.24) is 14.9 Å². The number of hydrogen-bond acceptors (Lipinski definition) is 6. The fourth-order valence-electron chi connectivity index (χ4n) is 2.70. The molecular weight excluding hydrogens is 381 g/mol. The van der Waals surface area contributed by atoms with Gasteiger partial charge in [0.2, 0.25) is 5.95 Å². The van der Waals surface area contributed by atoms with Crippen LogP contribution >= 0.6 is 34.5 Å². The van der Waals surface area contributed by atoms with Crippen molar-refractivity contribution in [2.45, 2.75) is 13.8 Å². The summed E-state index contributed by atoms with van der Waals surface area (Å²) in [7, 11) is 2.11. The molecule has 0 aromatic carbocycles. The lowest BCUT2D eigenvalue weighted by Gasteiger charge is -2.32. The first kappa shape index (κ1) is 18.4. The molecule has 134 valence electrons. The van der Waals surface area contributed by atoms with Gasteiger partial charge in [-0.2, -0.15) is 0 Å². The van der Waals surface area contributed by atoms with E-state index in [0.717, 1.165) is 37.6 Å². The molecule has 1 N–H and O–H groups in total. The third kappa shape index (κ3) is 4.06. The van der Waals surface area contributed by atoms with E-state index in [1.54, 1.807) is 6.07 Å². The Balaban J connectivity index is 1.81.